The van der Waals surface area contributed by atoms with E-state index in [1.165, 1.54) is 4.88 Å². The van der Waals surface area contributed by atoms with Crippen LogP contribution in [-0.4, -0.2) is 26.4 Å². The lowest BCUT2D eigenvalue weighted by Gasteiger charge is -2.33. The molecule has 1 atom stereocenters. The smallest absolute Gasteiger partial charge is 0.313 e. The normalized spacial score (nSPS) is 16.7. The van der Waals surface area contributed by atoms with Crippen molar-refractivity contribution >= 4 is 39.3 Å². The van der Waals surface area contributed by atoms with Crippen molar-refractivity contribution in [2.75, 3.05) is 5.75 Å². The number of thioether (sulfide) groups is 1. The summed E-state index contributed by atoms with van der Waals surface area (Å²) in [5.41, 5.74) is 1.99. The topological polar surface area (TPSA) is 72.2 Å². The van der Waals surface area contributed by atoms with Gasteiger partial charge in [-0.15, -0.1) is 11.3 Å². The van der Waals surface area contributed by atoms with Gasteiger partial charge in [0.1, 0.15) is 4.83 Å². The highest BCUT2D eigenvalue weighted by molar-refractivity contribution is 7.99. The SMILES string of the molecule is CC(C)(C)C1CCc2c(sc3nc(SCC(=O)O)n(-c4ccccc4)c(=O)c23)C1. The van der Waals surface area contributed by atoms with E-state index in [2.05, 4.69) is 20.8 Å². The Morgan fingerprint density at radius 3 is 2.69 bits per heavy atom. The molecule has 0 spiro atoms. The first-order valence-electron chi connectivity index (χ1n) is 9.73. The molecule has 1 aliphatic rings. The fourth-order valence-electron chi connectivity index (χ4n) is 3.97. The number of aliphatic carboxylic acids is 1. The number of nitrogens with zero attached hydrogens (tertiary/aromatic N) is 2. The van der Waals surface area contributed by atoms with E-state index in [-0.39, 0.29) is 16.7 Å². The third-order valence-electron chi connectivity index (χ3n) is 5.62. The van der Waals surface area contributed by atoms with Gasteiger partial charge in [-0.25, -0.2) is 4.98 Å². The van der Waals surface area contributed by atoms with Crippen molar-refractivity contribution in [3.05, 3.63) is 51.1 Å². The van der Waals surface area contributed by atoms with E-state index in [0.29, 0.717) is 22.1 Å². The summed E-state index contributed by atoms with van der Waals surface area (Å²) in [6.45, 7) is 6.83. The number of para-hydroxylation sites is 1. The second-order valence-corrected chi connectivity index (χ2v) is 10.6. The lowest BCUT2D eigenvalue weighted by molar-refractivity contribution is -0.133. The van der Waals surface area contributed by atoms with E-state index in [0.717, 1.165) is 41.4 Å². The standard InChI is InChI=1S/C22H24N2O3S2/c1-22(2,3)13-9-10-15-16(11-13)29-19-18(15)20(27)24(14-7-5-4-6-8-14)21(23-19)28-12-17(25)26/h4-8,13H,9-12H2,1-3H3,(H,25,26). The molecule has 5 nitrogen and oxygen atoms in total. The molecule has 2 heterocycles. The van der Waals surface area contributed by atoms with Crippen LogP contribution in [0.5, 0.6) is 0 Å². The van der Waals surface area contributed by atoms with Crippen LogP contribution < -0.4 is 5.56 Å². The maximum absolute atomic E-state index is 13.6. The molecule has 4 rings (SSSR count). The second kappa shape index (κ2) is 7.61. The van der Waals surface area contributed by atoms with Crippen LogP contribution in [0.15, 0.2) is 40.3 Å². The number of hydrogen-bond donors (Lipinski definition) is 1. The van der Waals surface area contributed by atoms with Crippen LogP contribution in [0.2, 0.25) is 0 Å². The van der Waals surface area contributed by atoms with Gasteiger partial charge in [-0.3, -0.25) is 14.2 Å². The molecule has 0 radical (unpaired) electrons. The molecule has 1 unspecified atom stereocenters. The van der Waals surface area contributed by atoms with Crippen molar-refractivity contribution in [1.82, 2.24) is 9.55 Å². The minimum Gasteiger partial charge on any atom is -0.481 e. The lowest BCUT2D eigenvalue weighted by atomic mass is 9.72. The summed E-state index contributed by atoms with van der Waals surface area (Å²) in [4.78, 5) is 31.4. The van der Waals surface area contributed by atoms with E-state index in [1.807, 2.05) is 30.3 Å². The highest BCUT2D eigenvalue weighted by Crippen LogP contribution is 2.42. The Balaban J connectivity index is 1.90. The lowest BCUT2D eigenvalue weighted by Crippen LogP contribution is -2.27. The van der Waals surface area contributed by atoms with Crippen LogP contribution >= 0.6 is 23.1 Å². The average Bonchev–Trinajstić information content (AvgIpc) is 3.04. The third-order valence-corrected chi connectivity index (χ3v) is 7.69. The number of carboxylic acids is 1. The maximum Gasteiger partial charge on any atom is 0.313 e. The number of hydrogen-bond acceptors (Lipinski definition) is 5. The summed E-state index contributed by atoms with van der Waals surface area (Å²) < 4.78 is 1.57. The first-order chi connectivity index (χ1) is 13.8. The summed E-state index contributed by atoms with van der Waals surface area (Å²) in [5, 5.41) is 10.3. The van der Waals surface area contributed by atoms with Crippen molar-refractivity contribution in [2.24, 2.45) is 11.3 Å². The summed E-state index contributed by atoms with van der Waals surface area (Å²) in [7, 11) is 0. The number of carboxylic acid groups (broad SMARTS) is 1. The van der Waals surface area contributed by atoms with Gasteiger partial charge in [0.25, 0.3) is 5.56 Å². The summed E-state index contributed by atoms with van der Waals surface area (Å²) in [6.07, 6.45) is 2.94. The molecule has 0 fully saturated rings. The van der Waals surface area contributed by atoms with Crippen molar-refractivity contribution in [3.63, 3.8) is 0 Å². The Morgan fingerprint density at radius 2 is 2.03 bits per heavy atom. The van der Waals surface area contributed by atoms with Crippen molar-refractivity contribution in [1.29, 1.82) is 0 Å². The van der Waals surface area contributed by atoms with Gasteiger partial charge < -0.3 is 5.11 Å². The maximum atomic E-state index is 13.6. The first-order valence-corrected chi connectivity index (χ1v) is 11.5. The van der Waals surface area contributed by atoms with Crippen LogP contribution in [0.3, 0.4) is 0 Å². The molecule has 0 saturated carbocycles. The van der Waals surface area contributed by atoms with Crippen LogP contribution in [0.1, 0.15) is 37.6 Å². The first kappa shape index (κ1) is 20.2. The zero-order valence-corrected chi connectivity index (χ0v) is 18.4. The van der Waals surface area contributed by atoms with Gasteiger partial charge in [0.05, 0.1) is 16.8 Å². The van der Waals surface area contributed by atoms with Crippen LogP contribution in [0, 0.1) is 11.3 Å². The Labute approximate surface area is 177 Å². The number of rotatable bonds is 4. The molecule has 7 heteroatoms. The van der Waals surface area contributed by atoms with E-state index in [4.69, 9.17) is 10.1 Å². The Bertz CT molecular complexity index is 1130. The van der Waals surface area contributed by atoms with E-state index >= 15 is 0 Å². The van der Waals surface area contributed by atoms with Gasteiger partial charge in [0.15, 0.2) is 5.16 Å². The molecule has 29 heavy (non-hydrogen) atoms. The molecule has 1 N–H and O–H groups in total. The van der Waals surface area contributed by atoms with Gasteiger partial charge in [0.2, 0.25) is 0 Å². The largest absolute Gasteiger partial charge is 0.481 e. The highest BCUT2D eigenvalue weighted by Gasteiger charge is 2.32. The Hall–Kier alpha value is -2.12. The van der Waals surface area contributed by atoms with E-state index < -0.39 is 5.97 Å². The van der Waals surface area contributed by atoms with Crippen LogP contribution in [0.4, 0.5) is 0 Å². The molecule has 1 aliphatic carbocycles. The predicted octanol–water partition coefficient (Wildman–Crippen LogP) is 4.77. The molecule has 152 valence electrons. The van der Waals surface area contributed by atoms with Crippen LogP contribution in [-0.2, 0) is 17.6 Å². The van der Waals surface area contributed by atoms with Gasteiger partial charge in [-0.2, -0.15) is 0 Å². The molecule has 2 aromatic heterocycles. The van der Waals surface area contributed by atoms with Gasteiger partial charge in [0, 0.05) is 4.88 Å². The number of aromatic nitrogens is 2. The van der Waals surface area contributed by atoms with E-state index in [1.54, 1.807) is 15.9 Å². The molecule has 0 amide bonds. The molecule has 0 bridgehead atoms. The molecule has 0 aliphatic heterocycles. The predicted molar refractivity (Wildman–Crippen MR) is 119 cm³/mol. The minimum absolute atomic E-state index is 0.0965. The minimum atomic E-state index is -0.928. The second-order valence-electron chi connectivity index (χ2n) is 8.54. The van der Waals surface area contributed by atoms with Gasteiger partial charge in [-0.05, 0) is 48.3 Å². The van der Waals surface area contributed by atoms with Gasteiger partial charge >= 0.3 is 5.97 Å². The number of thiophene rings is 1. The number of carbonyl (C=O) groups is 1. The Kier molecular flexibility index (Phi) is 5.29. The number of benzene rings is 1. The fourth-order valence-corrected chi connectivity index (χ4v) is 6.05. The molecular weight excluding hydrogens is 404 g/mol. The third kappa shape index (κ3) is 3.85. The number of fused-ring (bicyclic) bond motifs is 3. The average molecular weight is 429 g/mol. The van der Waals surface area contributed by atoms with Crippen molar-refractivity contribution < 1.29 is 9.90 Å². The molecule has 0 saturated heterocycles. The quantitative estimate of drug-likeness (QED) is 0.478. The fraction of sp³-hybridized carbons (Fsp3) is 0.409. The molecule has 1 aromatic carbocycles. The van der Waals surface area contributed by atoms with Crippen molar-refractivity contribution in [3.8, 4) is 5.69 Å². The molecule has 3 aromatic rings. The zero-order chi connectivity index (χ0) is 20.8. The summed E-state index contributed by atoms with van der Waals surface area (Å²) in [6, 6.07) is 9.34. The number of aryl methyl sites for hydroxylation is 1. The Morgan fingerprint density at radius 1 is 1.31 bits per heavy atom. The summed E-state index contributed by atoms with van der Waals surface area (Å²) >= 11 is 2.69. The zero-order valence-electron chi connectivity index (χ0n) is 16.8. The highest BCUT2D eigenvalue weighted by atomic mass is 32.2. The van der Waals surface area contributed by atoms with Crippen LogP contribution in [0.25, 0.3) is 15.9 Å². The van der Waals surface area contributed by atoms with Gasteiger partial charge in [-0.1, -0.05) is 50.7 Å². The van der Waals surface area contributed by atoms with Crippen molar-refractivity contribution in [2.45, 2.75) is 45.2 Å². The monoisotopic (exact) mass is 428 g/mol. The summed E-state index contributed by atoms with van der Waals surface area (Å²) in [5.74, 6) is -0.482. The van der Waals surface area contributed by atoms with E-state index in [9.17, 15) is 9.59 Å². The molecular formula is C22H24N2O3S2.